The van der Waals surface area contributed by atoms with E-state index in [0.29, 0.717) is 30.2 Å². The van der Waals surface area contributed by atoms with E-state index in [0.717, 1.165) is 12.0 Å². The molecule has 144 valence electrons. The number of hydrogen-bond acceptors (Lipinski definition) is 5. The first-order chi connectivity index (χ1) is 13.0. The summed E-state index contributed by atoms with van der Waals surface area (Å²) in [7, 11) is 0. The number of amides is 1. The van der Waals surface area contributed by atoms with Crippen molar-refractivity contribution in [3.63, 3.8) is 0 Å². The largest absolute Gasteiger partial charge is 0.490 e. The lowest BCUT2D eigenvalue weighted by atomic mass is 10.1. The second-order valence-electron chi connectivity index (χ2n) is 5.63. The van der Waals surface area contributed by atoms with Gasteiger partial charge in [-0.05, 0) is 55.5 Å². The number of ether oxygens (including phenoxy) is 2. The molecule has 2 aromatic carbocycles. The van der Waals surface area contributed by atoms with Crippen molar-refractivity contribution in [2.24, 2.45) is 0 Å². The number of hydrogen-bond donors (Lipinski definition) is 2. The second kappa shape index (κ2) is 10.5. The van der Waals surface area contributed by atoms with Gasteiger partial charge in [0.1, 0.15) is 0 Å². The van der Waals surface area contributed by atoms with E-state index in [1.807, 2.05) is 6.26 Å². The zero-order chi connectivity index (χ0) is 19.6. The summed E-state index contributed by atoms with van der Waals surface area (Å²) in [6.07, 6.45) is 2.77. The molecule has 0 radical (unpaired) electrons. The molecule has 0 bridgehead atoms. The maximum atomic E-state index is 12.4. The highest BCUT2D eigenvalue weighted by Gasteiger charge is 2.12. The minimum atomic E-state index is -1.08. The van der Waals surface area contributed by atoms with E-state index in [1.165, 1.54) is 4.90 Å². The predicted molar refractivity (Wildman–Crippen MR) is 105 cm³/mol. The van der Waals surface area contributed by atoms with Crippen LogP contribution in [0.3, 0.4) is 0 Å². The van der Waals surface area contributed by atoms with Gasteiger partial charge in [-0.2, -0.15) is 0 Å². The Morgan fingerprint density at radius 2 is 1.81 bits per heavy atom. The monoisotopic (exact) mass is 389 g/mol. The van der Waals surface area contributed by atoms with E-state index >= 15 is 0 Å². The Labute approximate surface area is 162 Å². The molecule has 0 atom stereocenters. The van der Waals surface area contributed by atoms with Gasteiger partial charge < -0.3 is 19.9 Å². The molecule has 1 amide bonds. The average Bonchev–Trinajstić information content (AvgIpc) is 2.67. The van der Waals surface area contributed by atoms with Crippen LogP contribution < -0.4 is 14.8 Å². The minimum absolute atomic E-state index is 0.221. The molecule has 0 unspecified atom stereocenters. The van der Waals surface area contributed by atoms with Crippen molar-refractivity contribution < 1.29 is 24.2 Å². The Bertz CT molecular complexity index is 776. The van der Waals surface area contributed by atoms with Gasteiger partial charge in [-0.1, -0.05) is 12.1 Å². The highest BCUT2D eigenvalue weighted by Crippen LogP contribution is 2.28. The Hall–Kier alpha value is -2.67. The first kappa shape index (κ1) is 20.6. The summed E-state index contributed by atoms with van der Waals surface area (Å²) in [5.41, 5.74) is 1.58. The van der Waals surface area contributed by atoms with Crippen molar-refractivity contribution >= 4 is 23.6 Å². The van der Waals surface area contributed by atoms with Crippen LogP contribution in [0.5, 0.6) is 11.5 Å². The van der Waals surface area contributed by atoms with Crippen LogP contribution in [0.4, 0.5) is 0 Å². The second-order valence-corrected chi connectivity index (χ2v) is 6.51. The molecule has 0 aliphatic rings. The Kier molecular flexibility index (Phi) is 8.00. The third kappa shape index (κ3) is 6.53. The van der Waals surface area contributed by atoms with Gasteiger partial charge in [-0.25, -0.2) is 4.79 Å². The van der Waals surface area contributed by atoms with E-state index in [4.69, 9.17) is 14.6 Å². The summed E-state index contributed by atoms with van der Waals surface area (Å²) in [4.78, 5) is 24.2. The van der Waals surface area contributed by atoms with Crippen molar-refractivity contribution in [2.75, 3.05) is 26.0 Å². The molecule has 0 heterocycles. The number of carboxylic acid groups (broad SMARTS) is 1. The van der Waals surface area contributed by atoms with Crippen molar-refractivity contribution in [1.82, 2.24) is 5.32 Å². The van der Waals surface area contributed by atoms with Crippen LogP contribution in [0.2, 0.25) is 0 Å². The molecule has 0 aromatic heterocycles. The molecule has 7 heteroatoms. The first-order valence-corrected chi connectivity index (χ1v) is 9.78. The lowest BCUT2D eigenvalue weighted by molar-refractivity contribution is -0.139. The van der Waals surface area contributed by atoms with Crippen LogP contribution in [0, 0.1) is 0 Å². The molecule has 0 aliphatic heterocycles. The summed E-state index contributed by atoms with van der Waals surface area (Å²) in [6, 6.07) is 12.9. The molecule has 0 aliphatic carbocycles. The van der Waals surface area contributed by atoms with Crippen LogP contribution in [-0.2, 0) is 11.2 Å². The number of carbonyl (C=O) groups excluding carboxylic acids is 1. The van der Waals surface area contributed by atoms with E-state index in [1.54, 1.807) is 36.9 Å². The zero-order valence-corrected chi connectivity index (χ0v) is 16.2. The SMILES string of the molecule is CCOc1cc(C(=O)NCCc2ccc(SC)cc2)ccc1OCC(=O)O. The first-order valence-electron chi connectivity index (χ1n) is 8.56. The fraction of sp³-hybridized carbons (Fsp3) is 0.300. The average molecular weight is 389 g/mol. The van der Waals surface area contributed by atoms with Crippen LogP contribution in [-0.4, -0.2) is 43.0 Å². The van der Waals surface area contributed by atoms with E-state index in [-0.39, 0.29) is 5.91 Å². The maximum absolute atomic E-state index is 12.4. The molecule has 0 spiro atoms. The van der Waals surface area contributed by atoms with Gasteiger partial charge in [0.25, 0.3) is 5.91 Å². The predicted octanol–water partition coefficient (Wildman–Crippen LogP) is 3.24. The third-order valence-electron chi connectivity index (χ3n) is 3.72. The van der Waals surface area contributed by atoms with Gasteiger partial charge >= 0.3 is 5.97 Å². The summed E-state index contributed by atoms with van der Waals surface area (Å²) in [6.45, 7) is 2.22. The quantitative estimate of drug-likeness (QED) is 0.607. The van der Waals surface area contributed by atoms with Gasteiger partial charge in [-0.3, -0.25) is 4.79 Å². The van der Waals surface area contributed by atoms with Crippen molar-refractivity contribution in [2.45, 2.75) is 18.2 Å². The molecule has 2 N–H and O–H groups in total. The molecule has 27 heavy (non-hydrogen) atoms. The van der Waals surface area contributed by atoms with Crippen molar-refractivity contribution in [3.8, 4) is 11.5 Å². The number of aliphatic carboxylic acids is 1. The van der Waals surface area contributed by atoms with Gasteiger partial charge in [0.15, 0.2) is 18.1 Å². The topological polar surface area (TPSA) is 84.9 Å². The van der Waals surface area contributed by atoms with E-state index in [2.05, 4.69) is 29.6 Å². The summed E-state index contributed by atoms with van der Waals surface area (Å²) in [5.74, 6) is -0.657. The van der Waals surface area contributed by atoms with E-state index < -0.39 is 12.6 Å². The number of nitrogens with one attached hydrogen (secondary N) is 1. The van der Waals surface area contributed by atoms with Crippen molar-refractivity contribution in [3.05, 3.63) is 53.6 Å². The number of benzene rings is 2. The standard InChI is InChI=1S/C20H23NO5S/c1-3-25-18-12-15(6-9-17(18)26-13-19(22)23)20(24)21-11-10-14-4-7-16(27-2)8-5-14/h4-9,12H,3,10-11,13H2,1-2H3,(H,21,24)(H,22,23). The minimum Gasteiger partial charge on any atom is -0.490 e. The molecule has 2 aromatic rings. The zero-order valence-electron chi connectivity index (χ0n) is 15.4. The van der Waals surface area contributed by atoms with Gasteiger partial charge in [-0.15, -0.1) is 11.8 Å². The van der Waals surface area contributed by atoms with Crippen LogP contribution in [0.15, 0.2) is 47.4 Å². The molecule has 2 rings (SSSR count). The summed E-state index contributed by atoms with van der Waals surface area (Å²) in [5, 5.41) is 11.6. The molecule has 0 saturated carbocycles. The smallest absolute Gasteiger partial charge is 0.341 e. The number of rotatable bonds is 10. The Morgan fingerprint density at radius 3 is 2.44 bits per heavy atom. The fourth-order valence-corrected chi connectivity index (χ4v) is 2.80. The normalized spacial score (nSPS) is 10.3. The Balaban J connectivity index is 1.95. The fourth-order valence-electron chi connectivity index (χ4n) is 2.39. The van der Waals surface area contributed by atoms with Crippen LogP contribution >= 0.6 is 11.8 Å². The molecular weight excluding hydrogens is 366 g/mol. The van der Waals surface area contributed by atoms with Crippen LogP contribution in [0.1, 0.15) is 22.8 Å². The van der Waals surface area contributed by atoms with Crippen LogP contribution in [0.25, 0.3) is 0 Å². The molecular formula is C20H23NO5S. The summed E-state index contributed by atoms with van der Waals surface area (Å²) >= 11 is 1.69. The highest BCUT2D eigenvalue weighted by molar-refractivity contribution is 7.98. The third-order valence-corrected chi connectivity index (χ3v) is 4.46. The lowest BCUT2D eigenvalue weighted by Crippen LogP contribution is -2.25. The molecule has 6 nitrogen and oxygen atoms in total. The molecule has 0 fully saturated rings. The van der Waals surface area contributed by atoms with Gasteiger partial charge in [0, 0.05) is 17.0 Å². The maximum Gasteiger partial charge on any atom is 0.341 e. The lowest BCUT2D eigenvalue weighted by Gasteiger charge is -2.12. The number of carboxylic acids is 1. The number of thioether (sulfide) groups is 1. The summed E-state index contributed by atoms with van der Waals surface area (Å²) < 4.78 is 10.6. The number of carbonyl (C=O) groups is 2. The highest BCUT2D eigenvalue weighted by atomic mass is 32.2. The van der Waals surface area contributed by atoms with Gasteiger partial charge in [0.2, 0.25) is 0 Å². The van der Waals surface area contributed by atoms with E-state index in [9.17, 15) is 9.59 Å². The van der Waals surface area contributed by atoms with Gasteiger partial charge in [0.05, 0.1) is 6.61 Å². The molecule has 0 saturated heterocycles. The Morgan fingerprint density at radius 1 is 1.07 bits per heavy atom. The van der Waals surface area contributed by atoms with Crippen molar-refractivity contribution in [1.29, 1.82) is 0 Å².